The molecular weight excluding hydrogens is 372 g/mol. The van der Waals surface area contributed by atoms with Crippen molar-refractivity contribution in [1.82, 2.24) is 10.2 Å². The van der Waals surface area contributed by atoms with Gasteiger partial charge in [-0.2, -0.15) is 0 Å². The van der Waals surface area contributed by atoms with Crippen LogP contribution in [0.15, 0.2) is 48.5 Å². The summed E-state index contributed by atoms with van der Waals surface area (Å²) in [6.07, 6.45) is 3.63. The molecule has 1 atom stereocenters. The minimum Gasteiger partial charge on any atom is -0.354 e. The lowest BCUT2D eigenvalue weighted by atomic mass is 10.0. The molecule has 0 bridgehead atoms. The molecule has 1 N–H and O–H groups in total. The van der Waals surface area contributed by atoms with Gasteiger partial charge in [-0.25, -0.2) is 0 Å². The zero-order valence-corrected chi connectivity index (χ0v) is 18.9. The topological polar surface area (TPSA) is 49.4 Å². The van der Waals surface area contributed by atoms with Gasteiger partial charge in [-0.3, -0.25) is 9.59 Å². The number of rotatable bonds is 11. The van der Waals surface area contributed by atoms with Gasteiger partial charge in [-0.15, -0.1) is 0 Å². The molecule has 4 nitrogen and oxygen atoms in total. The monoisotopic (exact) mass is 408 g/mol. The van der Waals surface area contributed by atoms with Gasteiger partial charge >= 0.3 is 0 Å². The number of nitrogens with zero attached hydrogens (tertiary/aromatic N) is 1. The number of nitrogens with one attached hydrogen (secondary N) is 1. The summed E-state index contributed by atoms with van der Waals surface area (Å²) in [5, 5.41) is 3.02. The van der Waals surface area contributed by atoms with Crippen molar-refractivity contribution in [2.24, 2.45) is 0 Å². The van der Waals surface area contributed by atoms with E-state index in [1.165, 1.54) is 16.7 Å². The first-order chi connectivity index (χ1) is 14.5. The molecule has 0 aliphatic carbocycles. The maximum Gasteiger partial charge on any atom is 0.242 e. The largest absolute Gasteiger partial charge is 0.354 e. The Bertz CT molecular complexity index is 817. The molecule has 162 valence electrons. The van der Waals surface area contributed by atoms with Crippen LogP contribution in [-0.2, 0) is 22.4 Å². The zero-order valence-electron chi connectivity index (χ0n) is 18.9. The molecule has 0 saturated heterocycles. The summed E-state index contributed by atoms with van der Waals surface area (Å²) in [7, 11) is 0. The Kier molecular flexibility index (Phi) is 9.59. The van der Waals surface area contributed by atoms with Crippen molar-refractivity contribution < 1.29 is 9.59 Å². The smallest absolute Gasteiger partial charge is 0.242 e. The summed E-state index contributed by atoms with van der Waals surface area (Å²) in [4.78, 5) is 27.9. The predicted molar refractivity (Wildman–Crippen MR) is 123 cm³/mol. The second-order valence-electron chi connectivity index (χ2n) is 7.99. The molecule has 0 spiro atoms. The van der Waals surface area contributed by atoms with Crippen molar-refractivity contribution >= 4 is 11.8 Å². The van der Waals surface area contributed by atoms with Crippen molar-refractivity contribution in [3.63, 3.8) is 0 Å². The summed E-state index contributed by atoms with van der Waals surface area (Å²) in [6, 6.07) is 15.8. The Morgan fingerprint density at radius 3 is 2.33 bits per heavy atom. The fourth-order valence-corrected chi connectivity index (χ4v) is 3.59. The van der Waals surface area contributed by atoms with Crippen LogP contribution in [0.4, 0.5) is 0 Å². The number of hydrogen-bond donors (Lipinski definition) is 1. The number of aryl methyl sites for hydroxylation is 2. The van der Waals surface area contributed by atoms with Crippen LogP contribution < -0.4 is 5.32 Å². The molecule has 30 heavy (non-hydrogen) atoms. The second kappa shape index (κ2) is 12.2. The average molecular weight is 409 g/mol. The fraction of sp³-hybridized carbons (Fsp3) is 0.462. The van der Waals surface area contributed by atoms with E-state index in [1.54, 1.807) is 4.90 Å². The van der Waals surface area contributed by atoms with Crippen LogP contribution in [0.1, 0.15) is 55.4 Å². The molecule has 4 heteroatoms. The Morgan fingerprint density at radius 1 is 0.967 bits per heavy atom. The number of unbranched alkanes of at least 4 members (excludes halogenated alkanes) is 1. The maximum atomic E-state index is 13.3. The van der Waals surface area contributed by atoms with E-state index in [2.05, 4.69) is 50.4 Å². The van der Waals surface area contributed by atoms with E-state index in [1.807, 2.05) is 31.2 Å². The Hall–Kier alpha value is -2.62. The minimum absolute atomic E-state index is 0.00618. The van der Waals surface area contributed by atoms with Crippen LogP contribution in [0.3, 0.4) is 0 Å². The van der Waals surface area contributed by atoms with E-state index in [9.17, 15) is 9.59 Å². The molecule has 0 fully saturated rings. The highest BCUT2D eigenvalue weighted by Crippen LogP contribution is 2.15. The standard InChI is InChI=1S/C26H36N2O2/c1-5-7-16-27-26(30)24(6-2)28(17-15-22-11-9-8-10-12-22)25(29)19-23-14-13-20(3)21(4)18-23/h8-14,18,24H,5-7,15-17,19H2,1-4H3,(H,27,30). The minimum atomic E-state index is -0.440. The van der Waals surface area contributed by atoms with Gasteiger partial charge in [0.25, 0.3) is 0 Å². The van der Waals surface area contributed by atoms with E-state index in [-0.39, 0.29) is 11.8 Å². The Morgan fingerprint density at radius 2 is 1.70 bits per heavy atom. The van der Waals surface area contributed by atoms with Gasteiger partial charge in [0.15, 0.2) is 0 Å². The molecular formula is C26H36N2O2. The van der Waals surface area contributed by atoms with Gasteiger partial charge in [-0.05, 0) is 55.4 Å². The SMILES string of the molecule is CCCCNC(=O)C(CC)N(CCc1ccccc1)C(=O)Cc1ccc(C)c(C)c1. The molecule has 0 saturated carbocycles. The molecule has 0 heterocycles. The Labute approximate surface area is 181 Å². The average Bonchev–Trinajstić information content (AvgIpc) is 2.74. The van der Waals surface area contributed by atoms with Gasteiger partial charge in [0.1, 0.15) is 6.04 Å². The molecule has 2 aromatic rings. The van der Waals surface area contributed by atoms with Crippen LogP contribution in [0.5, 0.6) is 0 Å². The summed E-state index contributed by atoms with van der Waals surface area (Å²) in [5.74, 6) is -0.0425. The normalized spacial score (nSPS) is 11.7. The molecule has 1 unspecified atom stereocenters. The lowest BCUT2D eigenvalue weighted by molar-refractivity contribution is -0.140. The lowest BCUT2D eigenvalue weighted by Crippen LogP contribution is -2.50. The van der Waals surface area contributed by atoms with Crippen LogP contribution in [0, 0.1) is 13.8 Å². The van der Waals surface area contributed by atoms with Crippen molar-refractivity contribution in [3.8, 4) is 0 Å². The molecule has 0 aliphatic heterocycles. The van der Waals surface area contributed by atoms with Gasteiger partial charge in [0.05, 0.1) is 6.42 Å². The number of benzene rings is 2. The summed E-state index contributed by atoms with van der Waals surface area (Å²) in [6.45, 7) is 9.40. The first-order valence-electron chi connectivity index (χ1n) is 11.1. The second-order valence-corrected chi connectivity index (χ2v) is 7.99. The van der Waals surface area contributed by atoms with E-state index in [4.69, 9.17) is 0 Å². The van der Waals surface area contributed by atoms with Crippen LogP contribution in [-0.4, -0.2) is 35.8 Å². The highest BCUT2D eigenvalue weighted by atomic mass is 16.2. The first-order valence-corrected chi connectivity index (χ1v) is 11.1. The van der Waals surface area contributed by atoms with E-state index < -0.39 is 6.04 Å². The molecule has 0 radical (unpaired) electrons. The number of carbonyl (C=O) groups is 2. The van der Waals surface area contributed by atoms with E-state index in [0.29, 0.717) is 25.9 Å². The van der Waals surface area contributed by atoms with Crippen LogP contribution in [0.25, 0.3) is 0 Å². The van der Waals surface area contributed by atoms with Gasteiger partial charge in [-0.1, -0.05) is 68.8 Å². The summed E-state index contributed by atoms with van der Waals surface area (Å²) < 4.78 is 0. The lowest BCUT2D eigenvalue weighted by Gasteiger charge is -2.31. The molecule has 2 amide bonds. The Balaban J connectivity index is 2.17. The summed E-state index contributed by atoms with van der Waals surface area (Å²) in [5.41, 5.74) is 4.56. The molecule has 2 rings (SSSR count). The maximum absolute atomic E-state index is 13.3. The van der Waals surface area contributed by atoms with Gasteiger partial charge in [0.2, 0.25) is 11.8 Å². The zero-order chi connectivity index (χ0) is 21.9. The predicted octanol–water partition coefficient (Wildman–Crippen LogP) is 4.61. The number of amides is 2. The van der Waals surface area contributed by atoms with Crippen LogP contribution in [0.2, 0.25) is 0 Å². The first kappa shape index (κ1) is 23.7. The van der Waals surface area contributed by atoms with E-state index >= 15 is 0 Å². The third-order valence-electron chi connectivity index (χ3n) is 5.63. The molecule has 0 aliphatic rings. The third-order valence-corrected chi connectivity index (χ3v) is 5.63. The number of carbonyl (C=O) groups excluding carboxylic acids is 2. The highest BCUT2D eigenvalue weighted by molar-refractivity contribution is 5.88. The highest BCUT2D eigenvalue weighted by Gasteiger charge is 2.28. The van der Waals surface area contributed by atoms with Gasteiger partial charge in [0, 0.05) is 13.1 Å². The van der Waals surface area contributed by atoms with Gasteiger partial charge < -0.3 is 10.2 Å². The van der Waals surface area contributed by atoms with Crippen molar-refractivity contribution in [3.05, 3.63) is 70.8 Å². The van der Waals surface area contributed by atoms with Crippen LogP contribution >= 0.6 is 0 Å². The summed E-state index contributed by atoms with van der Waals surface area (Å²) >= 11 is 0. The molecule has 2 aromatic carbocycles. The number of hydrogen-bond acceptors (Lipinski definition) is 2. The van der Waals surface area contributed by atoms with Crippen molar-refractivity contribution in [2.45, 2.75) is 65.8 Å². The quantitative estimate of drug-likeness (QED) is 0.552. The fourth-order valence-electron chi connectivity index (χ4n) is 3.59. The third kappa shape index (κ3) is 7.01. The molecule has 0 aromatic heterocycles. The van der Waals surface area contributed by atoms with Crippen molar-refractivity contribution in [2.75, 3.05) is 13.1 Å². The van der Waals surface area contributed by atoms with E-state index in [0.717, 1.165) is 24.8 Å². The van der Waals surface area contributed by atoms with Crippen molar-refractivity contribution in [1.29, 1.82) is 0 Å².